The molecule has 3 amide bonds. The zero-order valence-electron chi connectivity index (χ0n) is 11.1. The van der Waals surface area contributed by atoms with E-state index in [1.54, 1.807) is 0 Å². The van der Waals surface area contributed by atoms with Gasteiger partial charge in [-0.25, -0.2) is 9.59 Å². The van der Waals surface area contributed by atoms with E-state index in [4.69, 9.17) is 15.6 Å². The van der Waals surface area contributed by atoms with E-state index < -0.39 is 30.4 Å². The lowest BCUT2D eigenvalue weighted by molar-refractivity contribution is -0.140. The number of hydrogen-bond acceptors (Lipinski definition) is 4. The molecule has 0 aliphatic carbocycles. The van der Waals surface area contributed by atoms with Crippen LogP contribution >= 0.6 is 0 Å². The summed E-state index contributed by atoms with van der Waals surface area (Å²) in [5.74, 6) is -1.71. The second-order valence-corrected chi connectivity index (χ2v) is 4.43. The zero-order chi connectivity index (χ0) is 14.8. The maximum Gasteiger partial charge on any atom is 0.326 e. The third-order valence-electron chi connectivity index (χ3n) is 1.99. The van der Waals surface area contributed by atoms with Crippen molar-refractivity contribution in [3.63, 3.8) is 0 Å². The quantitative estimate of drug-likeness (QED) is 0.413. The van der Waals surface area contributed by atoms with Gasteiger partial charge in [0.25, 0.3) is 0 Å². The molecule has 0 bridgehead atoms. The molecule has 1 atom stereocenters. The summed E-state index contributed by atoms with van der Waals surface area (Å²) in [4.78, 5) is 32.7. The lowest BCUT2D eigenvalue weighted by Gasteiger charge is -2.14. The molecule has 0 saturated carbocycles. The van der Waals surface area contributed by atoms with Gasteiger partial charge in [-0.15, -0.1) is 0 Å². The largest absolute Gasteiger partial charge is 0.480 e. The first kappa shape index (κ1) is 17.2. The molecule has 0 aromatic carbocycles. The summed E-state index contributed by atoms with van der Waals surface area (Å²) < 4.78 is 5.23. The van der Waals surface area contributed by atoms with Crippen molar-refractivity contribution in [3.05, 3.63) is 0 Å². The van der Waals surface area contributed by atoms with Gasteiger partial charge in [0, 0.05) is 13.2 Å². The molecule has 0 fully saturated rings. The fraction of sp³-hybridized carbons (Fsp3) is 0.727. The highest BCUT2D eigenvalue weighted by atomic mass is 16.5. The Morgan fingerprint density at radius 2 is 1.95 bits per heavy atom. The average molecular weight is 275 g/mol. The van der Waals surface area contributed by atoms with Crippen molar-refractivity contribution < 1.29 is 24.2 Å². The lowest BCUT2D eigenvalue weighted by atomic mass is 10.2. The van der Waals surface area contributed by atoms with E-state index in [1.807, 2.05) is 13.8 Å². The Hall–Kier alpha value is -1.83. The lowest BCUT2D eigenvalue weighted by Crippen LogP contribution is -2.48. The van der Waals surface area contributed by atoms with Crippen LogP contribution in [-0.2, 0) is 14.3 Å². The highest BCUT2D eigenvalue weighted by Crippen LogP contribution is 1.92. The van der Waals surface area contributed by atoms with E-state index in [9.17, 15) is 14.4 Å². The maximum atomic E-state index is 11.3. The first-order valence-corrected chi connectivity index (χ1v) is 5.96. The molecule has 0 aliphatic rings. The van der Waals surface area contributed by atoms with Crippen LogP contribution in [-0.4, -0.2) is 48.8 Å². The maximum absolute atomic E-state index is 11.3. The van der Waals surface area contributed by atoms with E-state index in [1.165, 1.54) is 0 Å². The Morgan fingerprint density at radius 1 is 1.32 bits per heavy atom. The fourth-order valence-corrected chi connectivity index (χ4v) is 1.17. The minimum absolute atomic E-state index is 0.251. The number of amides is 3. The van der Waals surface area contributed by atoms with E-state index in [2.05, 4.69) is 10.6 Å². The molecule has 0 aromatic rings. The number of carboxylic acids is 1. The Bertz CT molecular complexity index is 319. The number of nitrogens with two attached hydrogens (primary N) is 1. The smallest absolute Gasteiger partial charge is 0.326 e. The number of nitrogens with one attached hydrogen (secondary N) is 2. The van der Waals surface area contributed by atoms with Crippen molar-refractivity contribution >= 4 is 17.9 Å². The molecule has 19 heavy (non-hydrogen) atoms. The number of carbonyl (C=O) groups excluding carboxylic acids is 2. The Morgan fingerprint density at radius 3 is 2.42 bits per heavy atom. The normalized spacial score (nSPS) is 11.9. The molecule has 0 rings (SSSR count). The molecule has 0 saturated heterocycles. The SMILES string of the molecule is CC(C)COCCNC(=O)NC(CC(N)=O)C(=O)O. The van der Waals surface area contributed by atoms with Gasteiger partial charge in [-0.3, -0.25) is 4.79 Å². The standard InChI is InChI=1S/C11H21N3O5/c1-7(2)6-19-4-3-13-11(18)14-8(10(16)17)5-9(12)15/h7-8H,3-6H2,1-2H3,(H2,12,15)(H,16,17)(H2,13,14,18). The summed E-state index contributed by atoms with van der Waals surface area (Å²) in [7, 11) is 0. The molecule has 0 radical (unpaired) electrons. The highest BCUT2D eigenvalue weighted by Gasteiger charge is 2.21. The van der Waals surface area contributed by atoms with E-state index in [-0.39, 0.29) is 6.54 Å². The topological polar surface area (TPSA) is 131 Å². The van der Waals surface area contributed by atoms with Gasteiger partial charge < -0.3 is 26.2 Å². The van der Waals surface area contributed by atoms with Crippen molar-refractivity contribution in [2.45, 2.75) is 26.3 Å². The molecule has 0 aliphatic heterocycles. The molecular formula is C11H21N3O5. The van der Waals surface area contributed by atoms with E-state index in [0.29, 0.717) is 19.1 Å². The van der Waals surface area contributed by atoms with Gasteiger partial charge in [0.1, 0.15) is 6.04 Å². The van der Waals surface area contributed by atoms with Gasteiger partial charge in [0.15, 0.2) is 0 Å². The fourth-order valence-electron chi connectivity index (χ4n) is 1.17. The third-order valence-corrected chi connectivity index (χ3v) is 1.99. The highest BCUT2D eigenvalue weighted by molar-refractivity contribution is 5.87. The van der Waals surface area contributed by atoms with Crippen LogP contribution in [0.15, 0.2) is 0 Å². The predicted molar refractivity (Wildman–Crippen MR) is 67.4 cm³/mol. The second kappa shape index (κ2) is 9.15. The van der Waals surface area contributed by atoms with Crippen LogP contribution in [0, 0.1) is 5.92 Å². The minimum Gasteiger partial charge on any atom is -0.480 e. The summed E-state index contributed by atoms with van der Waals surface area (Å²) in [6.07, 6.45) is -0.452. The molecule has 5 N–H and O–H groups in total. The molecule has 0 heterocycles. The van der Waals surface area contributed by atoms with Gasteiger partial charge >= 0.3 is 12.0 Å². The van der Waals surface area contributed by atoms with Crippen LogP contribution in [0.4, 0.5) is 4.79 Å². The molecule has 8 heteroatoms. The van der Waals surface area contributed by atoms with Crippen LogP contribution < -0.4 is 16.4 Å². The van der Waals surface area contributed by atoms with Gasteiger partial charge in [0.2, 0.25) is 5.91 Å². The number of aliphatic carboxylic acids is 1. The molecule has 110 valence electrons. The minimum atomic E-state index is -1.32. The van der Waals surface area contributed by atoms with E-state index >= 15 is 0 Å². The summed E-state index contributed by atoms with van der Waals surface area (Å²) in [6, 6.07) is -2.00. The van der Waals surface area contributed by atoms with Crippen molar-refractivity contribution in [1.82, 2.24) is 10.6 Å². The zero-order valence-corrected chi connectivity index (χ0v) is 11.1. The molecule has 0 aromatic heterocycles. The van der Waals surface area contributed by atoms with Crippen molar-refractivity contribution in [3.8, 4) is 0 Å². The van der Waals surface area contributed by atoms with Crippen LogP contribution in [0.25, 0.3) is 0 Å². The van der Waals surface area contributed by atoms with Crippen molar-refractivity contribution in [2.75, 3.05) is 19.8 Å². The third kappa shape index (κ3) is 9.83. The van der Waals surface area contributed by atoms with Crippen LogP contribution in [0.1, 0.15) is 20.3 Å². The van der Waals surface area contributed by atoms with Gasteiger partial charge in [-0.1, -0.05) is 13.8 Å². The first-order chi connectivity index (χ1) is 8.82. The predicted octanol–water partition coefficient (Wildman–Crippen LogP) is -0.713. The number of ether oxygens (including phenoxy) is 1. The summed E-state index contributed by atoms with van der Waals surface area (Å²) in [5.41, 5.74) is 4.88. The van der Waals surface area contributed by atoms with Crippen LogP contribution in [0.5, 0.6) is 0 Å². The summed E-state index contributed by atoms with van der Waals surface area (Å²) in [6.45, 7) is 5.17. The molecule has 0 spiro atoms. The first-order valence-electron chi connectivity index (χ1n) is 5.96. The number of carbonyl (C=O) groups is 3. The number of hydrogen-bond donors (Lipinski definition) is 4. The summed E-state index contributed by atoms with van der Waals surface area (Å²) >= 11 is 0. The number of carboxylic acid groups (broad SMARTS) is 1. The number of urea groups is 1. The molecule has 8 nitrogen and oxygen atoms in total. The summed E-state index contributed by atoms with van der Waals surface area (Å²) in [5, 5.41) is 13.3. The monoisotopic (exact) mass is 275 g/mol. The molecule has 1 unspecified atom stereocenters. The van der Waals surface area contributed by atoms with Crippen LogP contribution in [0.2, 0.25) is 0 Å². The van der Waals surface area contributed by atoms with E-state index in [0.717, 1.165) is 0 Å². The van der Waals surface area contributed by atoms with Crippen molar-refractivity contribution in [2.24, 2.45) is 11.7 Å². The second-order valence-electron chi connectivity index (χ2n) is 4.43. The van der Waals surface area contributed by atoms with Gasteiger partial charge in [-0.2, -0.15) is 0 Å². The Balaban J connectivity index is 3.87. The average Bonchev–Trinajstić information content (AvgIpc) is 2.26. The molecular weight excluding hydrogens is 254 g/mol. The number of rotatable bonds is 9. The number of primary amides is 1. The Labute approximate surface area is 111 Å². The van der Waals surface area contributed by atoms with Gasteiger partial charge in [-0.05, 0) is 5.92 Å². The van der Waals surface area contributed by atoms with Crippen LogP contribution in [0.3, 0.4) is 0 Å². The van der Waals surface area contributed by atoms with Gasteiger partial charge in [0.05, 0.1) is 13.0 Å². The Kier molecular flexibility index (Phi) is 8.27. The van der Waals surface area contributed by atoms with Crippen molar-refractivity contribution in [1.29, 1.82) is 0 Å².